The van der Waals surface area contributed by atoms with Crippen LogP contribution in [-0.4, -0.2) is 53.6 Å². The van der Waals surface area contributed by atoms with Gasteiger partial charge in [-0.15, -0.1) is 0 Å². The van der Waals surface area contributed by atoms with E-state index in [1.165, 1.54) is 28.6 Å². The van der Waals surface area contributed by atoms with Gasteiger partial charge in [0.2, 0.25) is 10.0 Å². The number of rotatable bonds is 4. The van der Waals surface area contributed by atoms with E-state index in [1.54, 1.807) is 0 Å². The molecule has 1 saturated heterocycles. The number of anilines is 1. The Balaban J connectivity index is 1.74. The molecule has 1 aliphatic heterocycles. The summed E-state index contributed by atoms with van der Waals surface area (Å²) in [5.74, 6) is 0. The average molecular weight is 380 g/mol. The molecule has 3 rings (SSSR count). The molecule has 0 unspecified atom stereocenters. The van der Waals surface area contributed by atoms with Crippen LogP contribution in [0.25, 0.3) is 0 Å². The van der Waals surface area contributed by atoms with Crippen molar-refractivity contribution in [2.45, 2.75) is 9.79 Å². The van der Waals surface area contributed by atoms with E-state index < -0.39 is 19.9 Å². The Kier molecular flexibility index (Phi) is 4.86. The molecule has 0 aromatic heterocycles. The maximum absolute atomic E-state index is 12.7. The fourth-order valence-electron chi connectivity index (χ4n) is 2.83. The zero-order chi connectivity index (χ0) is 18.1. The van der Waals surface area contributed by atoms with E-state index in [2.05, 4.69) is 4.90 Å². The van der Waals surface area contributed by atoms with E-state index in [-0.39, 0.29) is 9.79 Å². The van der Waals surface area contributed by atoms with Crippen LogP contribution in [0.4, 0.5) is 5.69 Å². The summed E-state index contributed by atoms with van der Waals surface area (Å²) in [6.07, 6.45) is 1.10. The number of hydrogen-bond acceptors (Lipinski definition) is 5. The van der Waals surface area contributed by atoms with Crippen molar-refractivity contribution in [3.63, 3.8) is 0 Å². The summed E-state index contributed by atoms with van der Waals surface area (Å²) in [4.78, 5) is 2.38. The lowest BCUT2D eigenvalue weighted by Gasteiger charge is -2.35. The molecule has 0 radical (unpaired) electrons. The second kappa shape index (κ2) is 6.78. The fourth-order valence-corrected chi connectivity index (χ4v) is 4.89. The van der Waals surface area contributed by atoms with Crippen molar-refractivity contribution in [1.29, 1.82) is 0 Å². The predicted octanol–water partition coefficient (Wildman–Crippen LogP) is 1.60. The number of sulfone groups is 1. The molecule has 0 atom stereocenters. The third kappa shape index (κ3) is 3.86. The zero-order valence-corrected chi connectivity index (χ0v) is 15.5. The molecule has 8 heteroatoms. The molecule has 1 fully saturated rings. The van der Waals surface area contributed by atoms with E-state index in [0.29, 0.717) is 26.2 Å². The number of hydrogen-bond donors (Lipinski definition) is 0. The molecule has 0 amide bonds. The minimum atomic E-state index is -3.62. The summed E-state index contributed by atoms with van der Waals surface area (Å²) in [6.45, 7) is 2.02. The molecule has 134 valence electrons. The first-order valence-electron chi connectivity index (χ1n) is 7.89. The van der Waals surface area contributed by atoms with Gasteiger partial charge in [-0.1, -0.05) is 18.2 Å². The van der Waals surface area contributed by atoms with Crippen LogP contribution in [0.2, 0.25) is 0 Å². The Morgan fingerprint density at radius 3 is 1.76 bits per heavy atom. The van der Waals surface area contributed by atoms with Gasteiger partial charge in [-0.05, 0) is 36.4 Å². The smallest absolute Gasteiger partial charge is 0.243 e. The summed E-state index contributed by atoms with van der Waals surface area (Å²) in [5.41, 5.74) is 1.08. The van der Waals surface area contributed by atoms with Gasteiger partial charge >= 0.3 is 0 Å². The first kappa shape index (κ1) is 17.9. The molecule has 0 saturated carbocycles. The van der Waals surface area contributed by atoms with Crippen LogP contribution in [0, 0.1) is 0 Å². The van der Waals surface area contributed by atoms with Crippen LogP contribution in [0.3, 0.4) is 0 Å². The van der Waals surface area contributed by atoms with E-state index in [4.69, 9.17) is 0 Å². The second-order valence-electron chi connectivity index (χ2n) is 5.97. The molecule has 2 aromatic carbocycles. The summed E-state index contributed by atoms with van der Waals surface area (Å²) < 4.78 is 49.9. The van der Waals surface area contributed by atoms with Crippen LogP contribution < -0.4 is 4.90 Å². The van der Waals surface area contributed by atoms with Crippen molar-refractivity contribution in [3.05, 3.63) is 54.6 Å². The number of nitrogens with zero attached hydrogens (tertiary/aromatic N) is 2. The lowest BCUT2D eigenvalue weighted by atomic mass is 10.2. The zero-order valence-electron chi connectivity index (χ0n) is 13.9. The lowest BCUT2D eigenvalue weighted by molar-refractivity contribution is 0.385. The highest BCUT2D eigenvalue weighted by atomic mass is 32.2. The molecular formula is C17H20N2O4S2. The molecule has 1 heterocycles. The number of para-hydroxylation sites is 1. The summed E-state index contributed by atoms with van der Waals surface area (Å²) in [6, 6.07) is 15.3. The quantitative estimate of drug-likeness (QED) is 0.805. The first-order chi connectivity index (χ1) is 11.8. The molecule has 6 nitrogen and oxygen atoms in total. The van der Waals surface area contributed by atoms with Crippen molar-refractivity contribution in [2.75, 3.05) is 37.3 Å². The number of piperazine rings is 1. The van der Waals surface area contributed by atoms with Gasteiger partial charge in [-0.2, -0.15) is 4.31 Å². The van der Waals surface area contributed by atoms with Gasteiger partial charge in [0.1, 0.15) is 0 Å². The molecule has 2 aromatic rings. The summed E-state index contributed by atoms with van der Waals surface area (Å²) >= 11 is 0. The van der Waals surface area contributed by atoms with Crippen LogP contribution in [0.1, 0.15) is 0 Å². The second-order valence-corrected chi connectivity index (χ2v) is 9.92. The Bertz CT molecular complexity index is 932. The van der Waals surface area contributed by atoms with Gasteiger partial charge in [0.25, 0.3) is 0 Å². The van der Waals surface area contributed by atoms with Crippen LogP contribution in [-0.2, 0) is 19.9 Å². The molecule has 25 heavy (non-hydrogen) atoms. The summed E-state index contributed by atoms with van der Waals surface area (Å²) in [7, 11) is -6.96. The fraction of sp³-hybridized carbons (Fsp3) is 0.294. The maximum atomic E-state index is 12.7. The van der Waals surface area contributed by atoms with Crippen molar-refractivity contribution in [3.8, 4) is 0 Å². The standard InChI is InChI=1S/C17H20N2O4S2/c1-24(20,21)16-7-9-17(10-8-16)25(22,23)19-13-11-18(12-14-19)15-5-3-2-4-6-15/h2-10H,11-14H2,1H3. The van der Waals surface area contributed by atoms with Crippen LogP contribution >= 0.6 is 0 Å². The highest BCUT2D eigenvalue weighted by Crippen LogP contribution is 2.22. The molecular weight excluding hydrogens is 360 g/mol. The lowest BCUT2D eigenvalue weighted by Crippen LogP contribution is -2.48. The Morgan fingerprint density at radius 2 is 1.24 bits per heavy atom. The highest BCUT2D eigenvalue weighted by Gasteiger charge is 2.28. The van der Waals surface area contributed by atoms with E-state index >= 15 is 0 Å². The van der Waals surface area contributed by atoms with Crippen LogP contribution in [0.15, 0.2) is 64.4 Å². The molecule has 0 bridgehead atoms. The molecule has 0 spiro atoms. The average Bonchev–Trinajstić information content (AvgIpc) is 2.62. The molecule has 0 aliphatic carbocycles. The SMILES string of the molecule is CS(=O)(=O)c1ccc(S(=O)(=O)N2CCN(c3ccccc3)CC2)cc1. The van der Waals surface area contributed by atoms with Gasteiger partial charge < -0.3 is 4.90 Å². The highest BCUT2D eigenvalue weighted by molar-refractivity contribution is 7.90. The molecule has 1 aliphatic rings. The largest absolute Gasteiger partial charge is 0.369 e. The van der Waals surface area contributed by atoms with Gasteiger partial charge in [0.05, 0.1) is 9.79 Å². The van der Waals surface area contributed by atoms with Crippen LogP contribution in [0.5, 0.6) is 0 Å². The monoisotopic (exact) mass is 380 g/mol. The molecule has 0 N–H and O–H groups in total. The maximum Gasteiger partial charge on any atom is 0.243 e. The van der Waals surface area contributed by atoms with Gasteiger partial charge in [-0.3, -0.25) is 0 Å². The van der Waals surface area contributed by atoms with Gasteiger partial charge in [0, 0.05) is 38.1 Å². The number of benzene rings is 2. The Labute approximate surface area is 148 Å². The third-order valence-electron chi connectivity index (χ3n) is 4.25. The Hall–Kier alpha value is -1.90. The topological polar surface area (TPSA) is 74.8 Å². The van der Waals surface area contributed by atoms with Crippen molar-refractivity contribution >= 4 is 25.5 Å². The van der Waals surface area contributed by atoms with Crippen molar-refractivity contribution in [2.24, 2.45) is 0 Å². The predicted molar refractivity (Wildman–Crippen MR) is 97.0 cm³/mol. The minimum Gasteiger partial charge on any atom is -0.369 e. The Morgan fingerprint density at radius 1 is 0.720 bits per heavy atom. The first-order valence-corrected chi connectivity index (χ1v) is 11.2. The third-order valence-corrected chi connectivity index (χ3v) is 7.29. The number of sulfonamides is 1. The van der Waals surface area contributed by atoms with Crippen molar-refractivity contribution in [1.82, 2.24) is 4.31 Å². The normalized spacial score (nSPS) is 16.8. The van der Waals surface area contributed by atoms with Gasteiger partial charge in [0.15, 0.2) is 9.84 Å². The minimum absolute atomic E-state index is 0.111. The summed E-state index contributed by atoms with van der Waals surface area (Å²) in [5, 5.41) is 0. The van der Waals surface area contributed by atoms with E-state index in [0.717, 1.165) is 11.9 Å². The van der Waals surface area contributed by atoms with E-state index in [9.17, 15) is 16.8 Å². The van der Waals surface area contributed by atoms with Gasteiger partial charge in [-0.25, -0.2) is 16.8 Å². The van der Waals surface area contributed by atoms with Crippen molar-refractivity contribution < 1.29 is 16.8 Å². The van der Waals surface area contributed by atoms with E-state index in [1.807, 2.05) is 30.3 Å².